The van der Waals surface area contributed by atoms with Gasteiger partial charge in [-0.25, -0.2) is 4.79 Å². The smallest absolute Gasteiger partial charge is 0.406 e. The maximum Gasteiger partial charge on any atom is 0.406 e. The Balaban J connectivity index is 2.93. The standard InChI is InChI=1S/C13H11ClF3NO3/c1-18(7-13(15,16)17)12(21)9-3-2-8(10(14)6-9)4-5-11(19)20/h2-6H,7H2,1H3,(H,19,20)/b5-4+. The summed E-state index contributed by atoms with van der Waals surface area (Å²) in [6, 6.07) is 3.83. The molecule has 0 aliphatic carbocycles. The van der Waals surface area contributed by atoms with Crippen LogP contribution in [0, 0.1) is 0 Å². The molecule has 1 N–H and O–H groups in total. The number of hydrogen-bond acceptors (Lipinski definition) is 2. The third-order valence-electron chi connectivity index (χ3n) is 2.42. The Morgan fingerprint density at radius 2 is 2.00 bits per heavy atom. The number of nitrogens with zero attached hydrogens (tertiary/aromatic N) is 1. The van der Waals surface area contributed by atoms with Crippen molar-refractivity contribution in [1.82, 2.24) is 4.90 Å². The SMILES string of the molecule is CN(CC(F)(F)F)C(=O)c1ccc(/C=C/C(=O)O)c(Cl)c1. The van der Waals surface area contributed by atoms with E-state index in [0.29, 0.717) is 10.5 Å². The first kappa shape index (κ1) is 17.0. The van der Waals surface area contributed by atoms with Gasteiger partial charge in [-0.3, -0.25) is 4.79 Å². The van der Waals surface area contributed by atoms with Gasteiger partial charge in [-0.05, 0) is 23.8 Å². The van der Waals surface area contributed by atoms with Crippen molar-refractivity contribution in [2.45, 2.75) is 6.18 Å². The van der Waals surface area contributed by atoms with Crippen LogP contribution in [0.1, 0.15) is 15.9 Å². The molecule has 0 fully saturated rings. The maximum atomic E-state index is 12.2. The van der Waals surface area contributed by atoms with E-state index in [4.69, 9.17) is 16.7 Å². The number of carboxylic acids is 1. The zero-order valence-corrected chi connectivity index (χ0v) is 11.6. The second-order valence-corrected chi connectivity index (χ2v) is 4.59. The molecule has 0 spiro atoms. The second-order valence-electron chi connectivity index (χ2n) is 4.18. The van der Waals surface area contributed by atoms with Gasteiger partial charge in [0.05, 0.1) is 0 Å². The third kappa shape index (κ3) is 5.47. The number of carbonyl (C=O) groups excluding carboxylic acids is 1. The number of carbonyl (C=O) groups is 2. The molecular formula is C13H11ClF3NO3. The molecule has 0 unspecified atom stereocenters. The average molecular weight is 322 g/mol. The van der Waals surface area contributed by atoms with Gasteiger partial charge in [0.1, 0.15) is 6.54 Å². The van der Waals surface area contributed by atoms with Gasteiger partial charge < -0.3 is 10.0 Å². The zero-order chi connectivity index (χ0) is 16.2. The molecule has 1 aromatic rings. The zero-order valence-electron chi connectivity index (χ0n) is 10.8. The quantitative estimate of drug-likeness (QED) is 0.867. The molecule has 0 bridgehead atoms. The summed E-state index contributed by atoms with van der Waals surface area (Å²) in [5.41, 5.74) is 0.327. The van der Waals surface area contributed by atoms with Crippen molar-refractivity contribution in [3.8, 4) is 0 Å². The van der Waals surface area contributed by atoms with Crippen molar-refractivity contribution >= 4 is 29.6 Å². The Kier molecular flexibility index (Phi) is 5.37. The van der Waals surface area contributed by atoms with Crippen molar-refractivity contribution < 1.29 is 27.9 Å². The Morgan fingerprint density at radius 1 is 1.38 bits per heavy atom. The molecule has 0 saturated heterocycles. The number of benzene rings is 1. The molecule has 0 saturated carbocycles. The highest BCUT2D eigenvalue weighted by Gasteiger charge is 2.31. The van der Waals surface area contributed by atoms with Crippen molar-refractivity contribution in [3.63, 3.8) is 0 Å². The van der Waals surface area contributed by atoms with Gasteiger partial charge in [-0.15, -0.1) is 0 Å². The molecule has 21 heavy (non-hydrogen) atoms. The molecule has 0 aliphatic rings. The Hall–Kier alpha value is -2.02. The van der Waals surface area contributed by atoms with Crippen LogP contribution < -0.4 is 0 Å². The van der Waals surface area contributed by atoms with Crippen LogP contribution in [-0.4, -0.2) is 41.7 Å². The lowest BCUT2D eigenvalue weighted by atomic mass is 10.1. The summed E-state index contributed by atoms with van der Waals surface area (Å²) in [7, 11) is 1.03. The molecule has 1 aromatic carbocycles. The van der Waals surface area contributed by atoms with E-state index in [1.54, 1.807) is 0 Å². The number of halogens is 4. The molecule has 8 heteroatoms. The lowest BCUT2D eigenvalue weighted by Crippen LogP contribution is -2.35. The molecular weight excluding hydrogens is 311 g/mol. The summed E-state index contributed by atoms with van der Waals surface area (Å²) in [6.45, 7) is -1.37. The van der Waals surface area contributed by atoms with Gasteiger partial charge in [0.15, 0.2) is 0 Å². The molecule has 114 valence electrons. The predicted molar refractivity (Wildman–Crippen MR) is 71.1 cm³/mol. The minimum absolute atomic E-state index is 0.0146. The fraction of sp³-hybridized carbons (Fsp3) is 0.231. The van der Waals surface area contributed by atoms with Gasteiger partial charge in [-0.1, -0.05) is 17.7 Å². The highest BCUT2D eigenvalue weighted by atomic mass is 35.5. The fourth-order valence-electron chi connectivity index (χ4n) is 1.52. The van der Waals surface area contributed by atoms with Crippen LogP contribution in [0.15, 0.2) is 24.3 Å². The van der Waals surface area contributed by atoms with Gasteiger partial charge in [0.2, 0.25) is 0 Å². The van der Waals surface area contributed by atoms with Gasteiger partial charge >= 0.3 is 12.1 Å². The largest absolute Gasteiger partial charge is 0.478 e. The lowest BCUT2D eigenvalue weighted by molar-refractivity contribution is -0.138. The number of alkyl halides is 3. The average Bonchev–Trinajstić information content (AvgIpc) is 2.34. The molecule has 1 rings (SSSR count). The van der Waals surface area contributed by atoms with Gasteiger partial charge in [0, 0.05) is 23.7 Å². The number of rotatable bonds is 4. The van der Waals surface area contributed by atoms with Crippen LogP contribution in [0.5, 0.6) is 0 Å². The molecule has 0 aliphatic heterocycles. The Labute approximate surface area is 123 Å². The van der Waals surface area contributed by atoms with Gasteiger partial charge in [0.25, 0.3) is 5.91 Å². The number of aliphatic carboxylic acids is 1. The Bertz CT molecular complexity index is 585. The van der Waals surface area contributed by atoms with Crippen LogP contribution in [0.2, 0.25) is 5.02 Å². The monoisotopic (exact) mass is 321 g/mol. The Morgan fingerprint density at radius 3 is 2.48 bits per heavy atom. The topological polar surface area (TPSA) is 57.6 Å². The van der Waals surface area contributed by atoms with Crippen LogP contribution in [-0.2, 0) is 4.79 Å². The molecule has 1 amide bonds. The summed E-state index contributed by atoms with van der Waals surface area (Å²) in [6.07, 6.45) is -2.41. The van der Waals surface area contributed by atoms with E-state index in [2.05, 4.69) is 0 Å². The predicted octanol–water partition coefficient (Wildman–Crippen LogP) is 3.07. The summed E-state index contributed by atoms with van der Waals surface area (Å²) in [5, 5.41) is 8.56. The van der Waals surface area contributed by atoms with Crippen LogP contribution >= 0.6 is 11.6 Å². The van der Waals surface area contributed by atoms with Crippen LogP contribution in [0.25, 0.3) is 6.08 Å². The van der Waals surface area contributed by atoms with E-state index in [1.165, 1.54) is 24.3 Å². The highest BCUT2D eigenvalue weighted by Crippen LogP contribution is 2.21. The molecule has 4 nitrogen and oxygen atoms in total. The molecule has 0 radical (unpaired) electrons. The first-order chi connectivity index (χ1) is 9.60. The molecule has 0 atom stereocenters. The minimum atomic E-state index is -4.49. The van der Waals surface area contributed by atoms with Crippen LogP contribution in [0.3, 0.4) is 0 Å². The van der Waals surface area contributed by atoms with E-state index in [1.807, 2.05) is 0 Å². The minimum Gasteiger partial charge on any atom is -0.478 e. The first-order valence-electron chi connectivity index (χ1n) is 5.63. The van der Waals surface area contributed by atoms with Crippen molar-refractivity contribution in [1.29, 1.82) is 0 Å². The van der Waals surface area contributed by atoms with E-state index >= 15 is 0 Å². The third-order valence-corrected chi connectivity index (χ3v) is 2.74. The summed E-state index contributed by atoms with van der Waals surface area (Å²) in [4.78, 5) is 22.7. The molecule has 0 heterocycles. The van der Waals surface area contributed by atoms with Crippen molar-refractivity contribution in [2.75, 3.05) is 13.6 Å². The summed E-state index contributed by atoms with van der Waals surface area (Å²) < 4.78 is 36.7. The summed E-state index contributed by atoms with van der Waals surface area (Å²) >= 11 is 5.86. The van der Waals surface area contributed by atoms with Gasteiger partial charge in [-0.2, -0.15) is 13.2 Å². The van der Waals surface area contributed by atoms with E-state index < -0.39 is 24.6 Å². The van der Waals surface area contributed by atoms with E-state index in [-0.39, 0.29) is 10.6 Å². The van der Waals surface area contributed by atoms with Crippen molar-refractivity contribution in [2.24, 2.45) is 0 Å². The van der Waals surface area contributed by atoms with E-state index in [0.717, 1.165) is 13.1 Å². The summed E-state index contributed by atoms with van der Waals surface area (Å²) in [5.74, 6) is -2.00. The highest BCUT2D eigenvalue weighted by molar-refractivity contribution is 6.32. The van der Waals surface area contributed by atoms with E-state index in [9.17, 15) is 22.8 Å². The lowest BCUT2D eigenvalue weighted by Gasteiger charge is -2.19. The van der Waals surface area contributed by atoms with Crippen LogP contribution in [0.4, 0.5) is 13.2 Å². The van der Waals surface area contributed by atoms with Crippen molar-refractivity contribution in [3.05, 3.63) is 40.4 Å². The fourth-order valence-corrected chi connectivity index (χ4v) is 1.76. The second kappa shape index (κ2) is 6.62. The molecule has 0 aromatic heterocycles. The normalized spacial score (nSPS) is 11.7. The first-order valence-corrected chi connectivity index (χ1v) is 6.01. The number of hydrogen-bond donors (Lipinski definition) is 1. The maximum absolute atomic E-state index is 12.2. The number of carboxylic acid groups (broad SMARTS) is 1. The number of amides is 1.